The Morgan fingerprint density at radius 1 is 1.88 bits per heavy atom. The molecule has 0 aliphatic rings. The Morgan fingerprint density at radius 2 is 2.38 bits per heavy atom. The lowest BCUT2D eigenvalue weighted by Crippen LogP contribution is -2.33. The van der Waals surface area contributed by atoms with Gasteiger partial charge in [0, 0.05) is 7.05 Å². The summed E-state index contributed by atoms with van der Waals surface area (Å²) in [5.41, 5.74) is 0. The predicted molar refractivity (Wildman–Crippen MR) is 28.8 cm³/mol. The summed E-state index contributed by atoms with van der Waals surface area (Å²) in [6.45, 7) is 1.57. The van der Waals surface area contributed by atoms with E-state index in [1.54, 1.807) is 6.92 Å². The van der Waals surface area contributed by atoms with Crippen LogP contribution in [-0.4, -0.2) is 19.1 Å². The van der Waals surface area contributed by atoms with Crippen LogP contribution in [-0.2, 0) is 9.63 Å². The maximum Gasteiger partial charge on any atom is 0.250 e. The molecule has 8 heavy (non-hydrogen) atoms. The molecule has 48 valence electrons. The zero-order valence-electron chi connectivity index (χ0n) is 4.97. The monoisotopic (exact) mass is 118 g/mol. The summed E-state index contributed by atoms with van der Waals surface area (Å²) in [6.07, 6.45) is -0.556. The molecule has 0 aromatic carbocycles. The van der Waals surface area contributed by atoms with Crippen LogP contribution in [0.4, 0.5) is 0 Å². The first-order chi connectivity index (χ1) is 3.72. The summed E-state index contributed by atoms with van der Waals surface area (Å²) < 4.78 is 0. The van der Waals surface area contributed by atoms with Crippen molar-refractivity contribution in [1.82, 2.24) is 5.32 Å². The number of nitrogens with two attached hydrogens (primary N) is 1. The van der Waals surface area contributed by atoms with E-state index in [4.69, 9.17) is 0 Å². The van der Waals surface area contributed by atoms with Crippen LogP contribution in [0.5, 0.6) is 0 Å². The average molecular weight is 118 g/mol. The van der Waals surface area contributed by atoms with Crippen LogP contribution < -0.4 is 11.2 Å². The third-order valence-corrected chi connectivity index (χ3v) is 0.820. The number of carbonyl (C=O) groups excluding carboxylic acids is 1. The molecule has 1 unspecified atom stereocenters. The van der Waals surface area contributed by atoms with Gasteiger partial charge in [-0.25, -0.2) is 5.90 Å². The van der Waals surface area contributed by atoms with Crippen molar-refractivity contribution in [3.63, 3.8) is 0 Å². The van der Waals surface area contributed by atoms with E-state index in [1.165, 1.54) is 7.05 Å². The van der Waals surface area contributed by atoms with Gasteiger partial charge in [-0.3, -0.25) is 9.63 Å². The van der Waals surface area contributed by atoms with Crippen LogP contribution in [0.15, 0.2) is 0 Å². The van der Waals surface area contributed by atoms with Crippen LogP contribution in [0.3, 0.4) is 0 Å². The van der Waals surface area contributed by atoms with Crippen molar-refractivity contribution in [3.05, 3.63) is 0 Å². The van der Waals surface area contributed by atoms with E-state index in [9.17, 15) is 4.79 Å². The van der Waals surface area contributed by atoms with Gasteiger partial charge >= 0.3 is 0 Å². The normalized spacial score (nSPS) is 12.9. The van der Waals surface area contributed by atoms with Crippen molar-refractivity contribution in [1.29, 1.82) is 0 Å². The molecule has 0 aliphatic carbocycles. The van der Waals surface area contributed by atoms with Crippen molar-refractivity contribution in [2.45, 2.75) is 13.0 Å². The minimum atomic E-state index is -0.556. The second kappa shape index (κ2) is 3.40. The first-order valence-corrected chi connectivity index (χ1v) is 2.29. The molecule has 0 aliphatic heterocycles. The topological polar surface area (TPSA) is 64.3 Å². The molecular formula is C4H10N2O2. The van der Waals surface area contributed by atoms with Crippen molar-refractivity contribution in [3.8, 4) is 0 Å². The maximum atomic E-state index is 10.4. The Morgan fingerprint density at radius 3 is 2.50 bits per heavy atom. The molecular weight excluding hydrogens is 108 g/mol. The van der Waals surface area contributed by atoms with Crippen molar-refractivity contribution < 1.29 is 9.63 Å². The third kappa shape index (κ3) is 1.90. The quantitative estimate of drug-likeness (QED) is 0.458. The molecule has 1 amide bonds. The summed E-state index contributed by atoms with van der Waals surface area (Å²) in [7, 11) is 1.53. The predicted octanol–water partition coefficient (Wildman–Crippen LogP) is -0.989. The van der Waals surface area contributed by atoms with E-state index >= 15 is 0 Å². The summed E-state index contributed by atoms with van der Waals surface area (Å²) in [5.74, 6) is 4.47. The number of likely N-dealkylation sites (N-methyl/N-ethyl adjacent to an activating group) is 1. The molecule has 0 saturated carbocycles. The van der Waals surface area contributed by atoms with Gasteiger partial charge in [0.1, 0.15) is 0 Å². The van der Waals surface area contributed by atoms with E-state index in [-0.39, 0.29) is 5.91 Å². The largest absolute Gasteiger partial charge is 0.357 e. The third-order valence-electron chi connectivity index (χ3n) is 0.820. The van der Waals surface area contributed by atoms with Gasteiger partial charge in [0.05, 0.1) is 0 Å². The van der Waals surface area contributed by atoms with E-state index < -0.39 is 6.10 Å². The SMILES string of the molecule is CNC(=O)C(C)ON. The van der Waals surface area contributed by atoms with Crippen molar-refractivity contribution in [2.24, 2.45) is 5.90 Å². The Labute approximate surface area is 48.0 Å². The highest BCUT2D eigenvalue weighted by Gasteiger charge is 2.07. The summed E-state index contributed by atoms with van der Waals surface area (Å²) >= 11 is 0. The van der Waals surface area contributed by atoms with E-state index in [0.717, 1.165) is 0 Å². The fraction of sp³-hybridized carbons (Fsp3) is 0.750. The lowest BCUT2D eigenvalue weighted by atomic mass is 10.4. The summed E-state index contributed by atoms with van der Waals surface area (Å²) in [6, 6.07) is 0. The fourth-order valence-electron chi connectivity index (χ4n) is 0.265. The molecule has 0 fully saturated rings. The Bertz CT molecular complexity index is 84.1. The lowest BCUT2D eigenvalue weighted by Gasteiger charge is -2.04. The van der Waals surface area contributed by atoms with Gasteiger partial charge in [-0.2, -0.15) is 0 Å². The van der Waals surface area contributed by atoms with E-state index in [1.807, 2.05) is 0 Å². The average Bonchev–Trinajstić information content (AvgIpc) is 1.84. The number of rotatable bonds is 2. The van der Waals surface area contributed by atoms with Gasteiger partial charge in [0.2, 0.25) is 0 Å². The number of hydrogen-bond acceptors (Lipinski definition) is 3. The minimum absolute atomic E-state index is 0.215. The van der Waals surface area contributed by atoms with Gasteiger partial charge in [0.15, 0.2) is 6.10 Å². The molecule has 0 aromatic heterocycles. The molecule has 3 N–H and O–H groups in total. The highest BCUT2D eigenvalue weighted by molar-refractivity contribution is 5.79. The maximum absolute atomic E-state index is 10.4. The zero-order chi connectivity index (χ0) is 6.57. The van der Waals surface area contributed by atoms with Crippen molar-refractivity contribution in [2.75, 3.05) is 7.05 Å². The molecule has 1 atom stereocenters. The van der Waals surface area contributed by atoms with Crippen LogP contribution in [0, 0.1) is 0 Å². The number of carbonyl (C=O) groups is 1. The van der Waals surface area contributed by atoms with E-state index in [2.05, 4.69) is 16.1 Å². The molecule has 0 bridgehead atoms. The molecule has 0 saturated heterocycles. The molecule has 0 aromatic rings. The summed E-state index contributed by atoms with van der Waals surface area (Å²) in [4.78, 5) is 14.6. The molecule has 0 heterocycles. The summed E-state index contributed by atoms with van der Waals surface area (Å²) in [5, 5.41) is 2.37. The van der Waals surface area contributed by atoms with Gasteiger partial charge in [-0.1, -0.05) is 0 Å². The number of amides is 1. The van der Waals surface area contributed by atoms with Crippen molar-refractivity contribution >= 4 is 5.91 Å². The smallest absolute Gasteiger partial charge is 0.250 e. The Balaban J connectivity index is 3.46. The van der Waals surface area contributed by atoms with E-state index in [0.29, 0.717) is 0 Å². The molecule has 0 radical (unpaired) electrons. The second-order valence-electron chi connectivity index (χ2n) is 1.39. The first-order valence-electron chi connectivity index (χ1n) is 2.29. The van der Waals surface area contributed by atoms with Crippen LogP contribution >= 0.6 is 0 Å². The van der Waals surface area contributed by atoms with Gasteiger partial charge in [-0.05, 0) is 6.92 Å². The Kier molecular flexibility index (Phi) is 3.14. The van der Waals surface area contributed by atoms with Gasteiger partial charge in [0.25, 0.3) is 5.91 Å². The highest BCUT2D eigenvalue weighted by Crippen LogP contribution is 1.81. The Hall–Kier alpha value is -0.610. The minimum Gasteiger partial charge on any atom is -0.357 e. The lowest BCUT2D eigenvalue weighted by molar-refractivity contribution is -0.131. The number of nitrogens with one attached hydrogen (secondary N) is 1. The zero-order valence-corrected chi connectivity index (χ0v) is 4.97. The standard InChI is InChI=1S/C4H10N2O2/c1-3(8-5)4(7)6-2/h3H,5H2,1-2H3,(H,6,7). The fourth-order valence-corrected chi connectivity index (χ4v) is 0.265. The van der Waals surface area contributed by atoms with Crippen LogP contribution in [0.1, 0.15) is 6.92 Å². The molecule has 4 nitrogen and oxygen atoms in total. The first kappa shape index (κ1) is 7.39. The number of hydrogen-bond donors (Lipinski definition) is 2. The van der Waals surface area contributed by atoms with Crippen LogP contribution in [0.25, 0.3) is 0 Å². The molecule has 0 rings (SSSR count). The highest BCUT2D eigenvalue weighted by atomic mass is 16.6. The van der Waals surface area contributed by atoms with Crippen LogP contribution in [0.2, 0.25) is 0 Å². The second-order valence-corrected chi connectivity index (χ2v) is 1.39. The van der Waals surface area contributed by atoms with Gasteiger partial charge < -0.3 is 5.32 Å². The molecule has 0 spiro atoms. The molecule has 4 heteroatoms. The van der Waals surface area contributed by atoms with Gasteiger partial charge in [-0.15, -0.1) is 0 Å².